The molecule has 1 heterocycles. The van der Waals surface area contributed by atoms with E-state index in [4.69, 9.17) is 11.6 Å². The van der Waals surface area contributed by atoms with Crippen molar-refractivity contribution in [2.75, 3.05) is 10.6 Å². The van der Waals surface area contributed by atoms with E-state index < -0.39 is 22.8 Å². The molecule has 6 nitrogen and oxygen atoms in total. The Bertz CT molecular complexity index is 1390. The third-order valence-corrected chi connectivity index (χ3v) is 7.22. The van der Waals surface area contributed by atoms with Crippen LogP contribution in [0.3, 0.4) is 0 Å². The number of fused-ring (bicyclic) bond motifs is 1. The molecule has 0 radical (unpaired) electrons. The molecule has 0 bridgehead atoms. The monoisotopic (exact) mass is 560 g/mol. The summed E-state index contributed by atoms with van der Waals surface area (Å²) in [5.74, 6) is -0.398. The number of benzene rings is 2. The van der Waals surface area contributed by atoms with Crippen LogP contribution < -0.4 is 16.0 Å². The summed E-state index contributed by atoms with van der Waals surface area (Å²) in [5.41, 5.74) is -0.491. The largest absolute Gasteiger partial charge is 0.433 e. The average Bonchev–Trinajstić information content (AvgIpc) is 2.84. The summed E-state index contributed by atoms with van der Waals surface area (Å²) in [4.78, 5) is 29.2. The van der Waals surface area contributed by atoms with E-state index in [1.807, 2.05) is 27.7 Å². The molecular weight excluding hydrogens is 529 g/mol. The molecule has 2 aromatic carbocycles. The standard InChI is InChI=1S/C29H32ClF3N4O2/c1-27(2,3)26(39)35-20-7-5-6-17(14-20)25(38)37-28(4)12-10-19(11-13-28)34-23-16-24(29(31,32)33)36-22-9-8-18(30)15-21(22)23/h5-9,14-16,19H,10-13H2,1-4H3,(H,34,36)(H,35,39)(H,37,38). The number of carbonyl (C=O) groups excluding carboxylic acids is 2. The Hall–Kier alpha value is -3.33. The fourth-order valence-electron chi connectivity index (χ4n) is 4.61. The van der Waals surface area contributed by atoms with E-state index in [1.165, 1.54) is 12.1 Å². The molecule has 3 aromatic rings. The fraction of sp³-hybridized carbons (Fsp3) is 0.414. The maximum Gasteiger partial charge on any atom is 0.433 e. The number of nitrogens with one attached hydrogen (secondary N) is 3. The number of aromatic nitrogens is 1. The van der Waals surface area contributed by atoms with Crippen molar-refractivity contribution >= 4 is 45.7 Å². The maximum atomic E-state index is 13.5. The third kappa shape index (κ3) is 7.01. The molecule has 0 atom stereocenters. The SMILES string of the molecule is CC1(NC(=O)c2cccc(NC(=O)C(C)(C)C)c2)CCC(Nc2cc(C(F)(F)F)nc3ccc(Cl)cc23)CC1. The first-order valence-electron chi connectivity index (χ1n) is 12.8. The molecule has 3 N–H and O–H groups in total. The molecular formula is C29H32ClF3N4O2. The Morgan fingerprint density at radius 2 is 1.72 bits per heavy atom. The minimum Gasteiger partial charge on any atom is -0.382 e. The Labute approximate surface area is 230 Å². The number of anilines is 2. The van der Waals surface area contributed by atoms with Gasteiger partial charge in [-0.3, -0.25) is 9.59 Å². The van der Waals surface area contributed by atoms with Gasteiger partial charge in [0.25, 0.3) is 5.91 Å². The average molecular weight is 561 g/mol. The summed E-state index contributed by atoms with van der Waals surface area (Å²) in [5, 5.41) is 10.2. The number of hydrogen-bond acceptors (Lipinski definition) is 4. The first-order valence-corrected chi connectivity index (χ1v) is 13.2. The van der Waals surface area contributed by atoms with E-state index in [0.29, 0.717) is 53.0 Å². The lowest BCUT2D eigenvalue weighted by Gasteiger charge is -2.38. The molecule has 0 unspecified atom stereocenters. The molecule has 1 saturated carbocycles. The van der Waals surface area contributed by atoms with Gasteiger partial charge in [0.05, 0.1) is 5.52 Å². The van der Waals surface area contributed by atoms with E-state index in [1.54, 1.807) is 30.3 Å². The van der Waals surface area contributed by atoms with Crippen molar-refractivity contribution in [3.8, 4) is 0 Å². The molecule has 2 amide bonds. The van der Waals surface area contributed by atoms with Gasteiger partial charge in [-0.15, -0.1) is 0 Å². The molecule has 1 aromatic heterocycles. The Balaban J connectivity index is 1.43. The van der Waals surface area contributed by atoms with Gasteiger partial charge in [-0.05, 0) is 75.1 Å². The zero-order valence-electron chi connectivity index (χ0n) is 22.3. The van der Waals surface area contributed by atoms with Crippen LogP contribution in [0.5, 0.6) is 0 Å². The maximum absolute atomic E-state index is 13.5. The summed E-state index contributed by atoms with van der Waals surface area (Å²) in [6.45, 7) is 7.40. The van der Waals surface area contributed by atoms with Crippen LogP contribution in [-0.2, 0) is 11.0 Å². The quantitative estimate of drug-likeness (QED) is 0.303. The number of halogens is 4. The van der Waals surface area contributed by atoms with Crippen LogP contribution in [0.25, 0.3) is 10.9 Å². The van der Waals surface area contributed by atoms with Gasteiger partial charge in [-0.2, -0.15) is 13.2 Å². The van der Waals surface area contributed by atoms with Crippen molar-refractivity contribution in [3.63, 3.8) is 0 Å². The summed E-state index contributed by atoms with van der Waals surface area (Å²) in [6, 6.07) is 12.3. The van der Waals surface area contributed by atoms with Crippen molar-refractivity contribution in [2.24, 2.45) is 5.41 Å². The minimum absolute atomic E-state index is 0.0865. The zero-order chi connectivity index (χ0) is 28.6. The Morgan fingerprint density at radius 3 is 2.36 bits per heavy atom. The molecule has 208 valence electrons. The summed E-state index contributed by atoms with van der Waals surface area (Å²) < 4.78 is 40.4. The van der Waals surface area contributed by atoms with E-state index >= 15 is 0 Å². The smallest absolute Gasteiger partial charge is 0.382 e. The second kappa shape index (κ2) is 10.7. The predicted molar refractivity (Wildman–Crippen MR) is 148 cm³/mol. The number of nitrogens with zero attached hydrogens (tertiary/aromatic N) is 1. The molecule has 0 spiro atoms. The molecule has 4 rings (SSSR count). The number of hydrogen-bond donors (Lipinski definition) is 3. The molecule has 1 aliphatic rings. The number of amides is 2. The Kier molecular flexibility index (Phi) is 7.85. The molecule has 0 aliphatic heterocycles. The number of carbonyl (C=O) groups is 2. The molecule has 39 heavy (non-hydrogen) atoms. The minimum atomic E-state index is -4.58. The topological polar surface area (TPSA) is 83.1 Å². The van der Waals surface area contributed by atoms with Crippen LogP contribution in [0.15, 0.2) is 48.5 Å². The van der Waals surface area contributed by atoms with Crippen LogP contribution in [-0.4, -0.2) is 28.4 Å². The third-order valence-electron chi connectivity index (χ3n) is 6.99. The number of pyridine rings is 1. The summed E-state index contributed by atoms with van der Waals surface area (Å²) in [7, 11) is 0. The summed E-state index contributed by atoms with van der Waals surface area (Å²) in [6.07, 6.45) is -2.03. The summed E-state index contributed by atoms with van der Waals surface area (Å²) >= 11 is 6.12. The van der Waals surface area contributed by atoms with Crippen LogP contribution >= 0.6 is 11.6 Å². The van der Waals surface area contributed by atoms with Gasteiger partial charge in [-0.25, -0.2) is 4.98 Å². The second-order valence-corrected chi connectivity index (χ2v) is 11.9. The molecule has 1 aliphatic carbocycles. The highest BCUT2D eigenvalue weighted by Crippen LogP contribution is 2.36. The van der Waals surface area contributed by atoms with Crippen molar-refractivity contribution in [3.05, 3.63) is 64.8 Å². The molecule has 1 fully saturated rings. The first kappa shape index (κ1) is 28.7. The van der Waals surface area contributed by atoms with Crippen LogP contribution in [0.1, 0.15) is 69.4 Å². The number of rotatable bonds is 5. The predicted octanol–water partition coefficient (Wildman–Crippen LogP) is 7.43. The van der Waals surface area contributed by atoms with E-state index in [2.05, 4.69) is 20.9 Å². The lowest BCUT2D eigenvalue weighted by atomic mass is 9.80. The van der Waals surface area contributed by atoms with Crippen LogP contribution in [0.2, 0.25) is 5.02 Å². The van der Waals surface area contributed by atoms with Gasteiger partial charge in [0.2, 0.25) is 5.91 Å². The Morgan fingerprint density at radius 1 is 1.03 bits per heavy atom. The van der Waals surface area contributed by atoms with E-state index in [0.717, 1.165) is 6.07 Å². The van der Waals surface area contributed by atoms with Crippen molar-refractivity contribution < 1.29 is 22.8 Å². The zero-order valence-corrected chi connectivity index (χ0v) is 23.1. The normalized spacial score (nSPS) is 19.9. The van der Waals surface area contributed by atoms with Gasteiger partial charge in [-0.1, -0.05) is 38.4 Å². The highest BCUT2D eigenvalue weighted by atomic mass is 35.5. The van der Waals surface area contributed by atoms with E-state index in [9.17, 15) is 22.8 Å². The van der Waals surface area contributed by atoms with Gasteiger partial charge >= 0.3 is 6.18 Å². The van der Waals surface area contributed by atoms with Gasteiger partial charge in [0.15, 0.2) is 0 Å². The van der Waals surface area contributed by atoms with Gasteiger partial charge in [0.1, 0.15) is 5.69 Å². The van der Waals surface area contributed by atoms with Crippen LogP contribution in [0, 0.1) is 5.41 Å². The fourth-order valence-corrected chi connectivity index (χ4v) is 4.78. The second-order valence-electron chi connectivity index (χ2n) is 11.4. The number of alkyl halides is 3. The van der Waals surface area contributed by atoms with Crippen molar-refractivity contribution in [1.82, 2.24) is 10.3 Å². The van der Waals surface area contributed by atoms with Gasteiger partial charge in [0, 0.05) is 44.3 Å². The lowest BCUT2D eigenvalue weighted by molar-refractivity contribution is -0.140. The first-order chi connectivity index (χ1) is 18.1. The van der Waals surface area contributed by atoms with Crippen LogP contribution in [0.4, 0.5) is 24.5 Å². The highest BCUT2D eigenvalue weighted by Gasteiger charge is 2.35. The van der Waals surface area contributed by atoms with E-state index in [-0.39, 0.29) is 23.4 Å². The molecule has 10 heteroatoms. The van der Waals surface area contributed by atoms with Gasteiger partial charge < -0.3 is 16.0 Å². The lowest BCUT2D eigenvalue weighted by Crippen LogP contribution is -2.49. The van der Waals surface area contributed by atoms with Crippen molar-refractivity contribution in [1.29, 1.82) is 0 Å². The van der Waals surface area contributed by atoms with Crippen molar-refractivity contribution in [2.45, 2.75) is 71.1 Å². The molecule has 0 saturated heterocycles. The highest BCUT2D eigenvalue weighted by molar-refractivity contribution is 6.31.